The zero-order chi connectivity index (χ0) is 16.9. The van der Waals surface area contributed by atoms with E-state index in [1.165, 1.54) is 23.3 Å². The Morgan fingerprint density at radius 3 is 2.04 bits per heavy atom. The van der Waals surface area contributed by atoms with E-state index in [0.29, 0.717) is 6.54 Å². The Morgan fingerprint density at radius 2 is 1.52 bits per heavy atom. The molecule has 2 aromatic carbocycles. The summed E-state index contributed by atoms with van der Waals surface area (Å²) in [6.45, 7) is 4.72. The number of ether oxygens (including phenoxy) is 1. The highest BCUT2D eigenvalue weighted by molar-refractivity contribution is 5.27. The summed E-state index contributed by atoms with van der Waals surface area (Å²) in [7, 11) is 1.66. The van der Waals surface area contributed by atoms with Crippen molar-refractivity contribution >= 4 is 0 Å². The second-order valence-electron chi connectivity index (χ2n) is 5.12. The first kappa shape index (κ1) is 19.1. The van der Waals surface area contributed by atoms with Crippen molar-refractivity contribution in [2.24, 2.45) is 5.73 Å². The standard InChI is InChI=1S/C10H14FN.C9H13NO/c1-2-12-8-7-9-3-5-10(11)6-4-9;1-11-9-4-2-8(3-5-9)6-7-10/h3-6,12H,2,7-8H2,1H3;2-5H,6-7,10H2,1H3. The summed E-state index contributed by atoms with van der Waals surface area (Å²) < 4.78 is 17.5. The molecule has 0 aliphatic heterocycles. The third-order valence-corrected chi connectivity index (χ3v) is 3.35. The van der Waals surface area contributed by atoms with Crippen LogP contribution >= 0.6 is 0 Å². The molecule has 0 spiro atoms. The third kappa shape index (κ3) is 8.33. The van der Waals surface area contributed by atoms with Crippen LogP contribution in [0.1, 0.15) is 18.1 Å². The number of hydrogen-bond donors (Lipinski definition) is 2. The highest BCUT2D eigenvalue weighted by Gasteiger charge is 1.92. The molecule has 23 heavy (non-hydrogen) atoms. The van der Waals surface area contributed by atoms with E-state index in [0.717, 1.165) is 31.7 Å². The Balaban J connectivity index is 0.000000231. The van der Waals surface area contributed by atoms with Crippen molar-refractivity contribution in [3.05, 3.63) is 65.5 Å². The van der Waals surface area contributed by atoms with E-state index in [2.05, 4.69) is 12.2 Å². The average molecular weight is 318 g/mol. The van der Waals surface area contributed by atoms with Gasteiger partial charge in [-0.05, 0) is 67.9 Å². The Bertz CT molecular complexity index is 526. The Morgan fingerprint density at radius 1 is 0.957 bits per heavy atom. The topological polar surface area (TPSA) is 47.3 Å². The number of hydrogen-bond acceptors (Lipinski definition) is 3. The van der Waals surface area contributed by atoms with Crippen LogP contribution in [0.25, 0.3) is 0 Å². The van der Waals surface area contributed by atoms with Crippen molar-refractivity contribution in [2.75, 3.05) is 26.7 Å². The predicted octanol–water partition coefficient (Wildman–Crippen LogP) is 3.17. The number of nitrogens with one attached hydrogen (secondary N) is 1. The SMILES string of the molecule is CCNCCc1ccc(F)cc1.COc1ccc(CCN)cc1. The average Bonchev–Trinajstić information content (AvgIpc) is 2.58. The fraction of sp³-hybridized carbons (Fsp3) is 0.368. The number of halogens is 1. The first-order valence-electron chi connectivity index (χ1n) is 7.97. The van der Waals surface area contributed by atoms with Gasteiger partial charge in [-0.1, -0.05) is 31.2 Å². The van der Waals surface area contributed by atoms with Gasteiger partial charge in [-0.25, -0.2) is 4.39 Å². The molecular weight excluding hydrogens is 291 g/mol. The molecule has 2 rings (SSSR count). The van der Waals surface area contributed by atoms with Gasteiger partial charge in [-0.2, -0.15) is 0 Å². The monoisotopic (exact) mass is 318 g/mol. The molecule has 0 aromatic heterocycles. The second-order valence-corrected chi connectivity index (χ2v) is 5.12. The van der Waals surface area contributed by atoms with Gasteiger partial charge in [0.25, 0.3) is 0 Å². The zero-order valence-corrected chi connectivity index (χ0v) is 14.0. The van der Waals surface area contributed by atoms with Crippen molar-refractivity contribution in [1.29, 1.82) is 0 Å². The summed E-state index contributed by atoms with van der Waals surface area (Å²) in [5.41, 5.74) is 7.84. The van der Waals surface area contributed by atoms with E-state index in [1.807, 2.05) is 36.4 Å². The summed E-state index contributed by atoms with van der Waals surface area (Å²) >= 11 is 0. The Labute approximate surface area is 138 Å². The number of benzene rings is 2. The van der Waals surface area contributed by atoms with Gasteiger partial charge in [0.1, 0.15) is 11.6 Å². The maximum absolute atomic E-state index is 12.5. The van der Waals surface area contributed by atoms with Gasteiger partial charge >= 0.3 is 0 Å². The van der Waals surface area contributed by atoms with Gasteiger partial charge in [0.15, 0.2) is 0 Å². The third-order valence-electron chi connectivity index (χ3n) is 3.35. The minimum Gasteiger partial charge on any atom is -0.497 e. The van der Waals surface area contributed by atoms with Crippen LogP contribution in [0.15, 0.2) is 48.5 Å². The zero-order valence-electron chi connectivity index (χ0n) is 14.0. The van der Waals surface area contributed by atoms with Crippen LogP contribution < -0.4 is 15.8 Å². The minimum atomic E-state index is -0.165. The first-order valence-corrected chi connectivity index (χ1v) is 7.97. The minimum absolute atomic E-state index is 0.165. The second kappa shape index (κ2) is 11.6. The lowest BCUT2D eigenvalue weighted by Gasteiger charge is -2.01. The number of likely N-dealkylation sites (N-methyl/N-ethyl adjacent to an activating group) is 1. The van der Waals surface area contributed by atoms with E-state index >= 15 is 0 Å². The number of methoxy groups -OCH3 is 1. The molecule has 3 N–H and O–H groups in total. The van der Waals surface area contributed by atoms with Crippen LogP contribution in [-0.2, 0) is 12.8 Å². The largest absolute Gasteiger partial charge is 0.497 e. The summed E-state index contributed by atoms with van der Waals surface area (Å²) in [5.74, 6) is 0.730. The molecule has 3 nitrogen and oxygen atoms in total. The first-order chi connectivity index (χ1) is 11.2. The molecule has 0 radical (unpaired) electrons. The van der Waals surface area contributed by atoms with Gasteiger partial charge in [0, 0.05) is 0 Å². The molecule has 0 fully saturated rings. The summed E-state index contributed by atoms with van der Waals surface area (Å²) in [6.07, 6.45) is 1.90. The van der Waals surface area contributed by atoms with Crippen molar-refractivity contribution in [3.63, 3.8) is 0 Å². The molecule has 2 aromatic rings. The highest BCUT2D eigenvalue weighted by atomic mass is 19.1. The highest BCUT2D eigenvalue weighted by Crippen LogP contribution is 2.10. The predicted molar refractivity (Wildman–Crippen MR) is 94.4 cm³/mol. The molecule has 0 bridgehead atoms. The number of rotatable bonds is 7. The van der Waals surface area contributed by atoms with Gasteiger partial charge in [0.05, 0.1) is 7.11 Å². The van der Waals surface area contributed by atoms with E-state index in [9.17, 15) is 4.39 Å². The number of nitrogens with two attached hydrogens (primary N) is 1. The normalized spacial score (nSPS) is 9.91. The lowest BCUT2D eigenvalue weighted by Crippen LogP contribution is -2.15. The summed E-state index contributed by atoms with van der Waals surface area (Å²) in [6, 6.07) is 14.6. The lowest BCUT2D eigenvalue weighted by molar-refractivity contribution is 0.414. The molecule has 0 saturated heterocycles. The Kier molecular flexibility index (Phi) is 9.68. The molecule has 0 saturated carbocycles. The maximum atomic E-state index is 12.5. The van der Waals surface area contributed by atoms with Crippen LogP contribution in [0, 0.1) is 5.82 Å². The van der Waals surface area contributed by atoms with Crippen LogP contribution in [0.5, 0.6) is 5.75 Å². The van der Waals surface area contributed by atoms with E-state index in [-0.39, 0.29) is 5.82 Å². The molecule has 0 unspecified atom stereocenters. The fourth-order valence-electron chi connectivity index (χ4n) is 2.02. The van der Waals surface area contributed by atoms with E-state index < -0.39 is 0 Å². The molecular formula is C19H27FN2O. The van der Waals surface area contributed by atoms with Crippen LogP contribution in [0.4, 0.5) is 4.39 Å². The van der Waals surface area contributed by atoms with Crippen molar-refractivity contribution < 1.29 is 9.13 Å². The fourth-order valence-corrected chi connectivity index (χ4v) is 2.02. The summed E-state index contributed by atoms with van der Waals surface area (Å²) in [5, 5.41) is 3.22. The van der Waals surface area contributed by atoms with Crippen molar-refractivity contribution in [2.45, 2.75) is 19.8 Å². The van der Waals surface area contributed by atoms with Crippen LogP contribution in [0.3, 0.4) is 0 Å². The van der Waals surface area contributed by atoms with Gasteiger partial charge in [-0.15, -0.1) is 0 Å². The molecule has 0 aliphatic rings. The molecule has 0 heterocycles. The smallest absolute Gasteiger partial charge is 0.123 e. The van der Waals surface area contributed by atoms with Crippen LogP contribution in [-0.4, -0.2) is 26.7 Å². The van der Waals surface area contributed by atoms with Crippen molar-refractivity contribution in [3.8, 4) is 5.75 Å². The molecule has 0 amide bonds. The van der Waals surface area contributed by atoms with E-state index in [1.54, 1.807) is 7.11 Å². The molecule has 4 heteroatoms. The maximum Gasteiger partial charge on any atom is 0.123 e. The lowest BCUT2D eigenvalue weighted by atomic mass is 10.1. The molecule has 0 atom stereocenters. The van der Waals surface area contributed by atoms with Gasteiger partial charge in [0.2, 0.25) is 0 Å². The molecule has 0 aliphatic carbocycles. The Hall–Kier alpha value is -1.91. The van der Waals surface area contributed by atoms with Crippen molar-refractivity contribution in [1.82, 2.24) is 5.32 Å². The van der Waals surface area contributed by atoms with Gasteiger partial charge < -0.3 is 15.8 Å². The van der Waals surface area contributed by atoms with Gasteiger partial charge in [-0.3, -0.25) is 0 Å². The van der Waals surface area contributed by atoms with Crippen LogP contribution in [0.2, 0.25) is 0 Å². The van der Waals surface area contributed by atoms with E-state index in [4.69, 9.17) is 10.5 Å². The summed E-state index contributed by atoms with van der Waals surface area (Å²) in [4.78, 5) is 0. The molecule has 126 valence electrons. The quantitative estimate of drug-likeness (QED) is 0.771.